The van der Waals surface area contributed by atoms with Gasteiger partial charge >= 0.3 is 18.1 Å². The van der Waals surface area contributed by atoms with E-state index in [4.69, 9.17) is 9.47 Å². The van der Waals surface area contributed by atoms with Crippen molar-refractivity contribution in [2.24, 2.45) is 11.8 Å². The zero-order valence-corrected chi connectivity index (χ0v) is 22.9. The van der Waals surface area contributed by atoms with Crippen LogP contribution in [0.4, 0.5) is 18.9 Å². The molecular formula is C27H26F3N7O5. The maximum absolute atomic E-state index is 13.5. The number of nitriles is 1. The summed E-state index contributed by atoms with van der Waals surface area (Å²) in [6.07, 6.45) is -4.26. The van der Waals surface area contributed by atoms with Crippen LogP contribution in [0.15, 0.2) is 18.2 Å². The highest BCUT2D eigenvalue weighted by Crippen LogP contribution is 2.37. The number of carbonyl (C=O) groups is 3. The van der Waals surface area contributed by atoms with Crippen molar-refractivity contribution < 1.29 is 37.0 Å². The van der Waals surface area contributed by atoms with Crippen molar-refractivity contribution >= 4 is 34.4 Å². The van der Waals surface area contributed by atoms with Crippen LogP contribution < -0.4 is 4.90 Å². The van der Waals surface area contributed by atoms with E-state index >= 15 is 0 Å². The van der Waals surface area contributed by atoms with Gasteiger partial charge in [-0.05, 0) is 30.5 Å². The molecule has 1 aromatic carbocycles. The minimum atomic E-state index is -4.64. The number of ether oxygens (including phenoxy) is 2. The van der Waals surface area contributed by atoms with Crippen molar-refractivity contribution in [3.8, 4) is 6.07 Å². The Morgan fingerprint density at radius 3 is 2.45 bits per heavy atom. The van der Waals surface area contributed by atoms with Gasteiger partial charge in [-0.3, -0.25) is 4.79 Å². The summed E-state index contributed by atoms with van der Waals surface area (Å²) in [6.45, 7) is 2.45. The molecule has 15 heteroatoms. The molecule has 0 aliphatic carbocycles. The highest BCUT2D eigenvalue weighted by atomic mass is 19.4. The Kier molecular flexibility index (Phi) is 7.48. The van der Waals surface area contributed by atoms with Gasteiger partial charge in [0.25, 0.3) is 0 Å². The maximum atomic E-state index is 13.5. The maximum Gasteiger partial charge on any atom is 0.451 e. The number of amides is 1. The van der Waals surface area contributed by atoms with Crippen molar-refractivity contribution in [1.29, 1.82) is 5.26 Å². The summed E-state index contributed by atoms with van der Waals surface area (Å²) < 4.78 is 50.4. The van der Waals surface area contributed by atoms with Crippen LogP contribution in [0, 0.1) is 23.2 Å². The highest BCUT2D eigenvalue weighted by Gasteiger charge is 2.41. The monoisotopic (exact) mass is 585 g/mol. The third-order valence-electron chi connectivity index (χ3n) is 7.73. The van der Waals surface area contributed by atoms with Crippen LogP contribution in [0.1, 0.15) is 51.4 Å². The molecule has 0 N–H and O–H groups in total. The predicted octanol–water partition coefficient (Wildman–Crippen LogP) is 2.79. The second-order valence-corrected chi connectivity index (χ2v) is 10.2. The van der Waals surface area contributed by atoms with E-state index in [9.17, 15) is 32.8 Å². The van der Waals surface area contributed by atoms with Gasteiger partial charge in [0.05, 0.1) is 37.5 Å². The number of esters is 2. The fourth-order valence-corrected chi connectivity index (χ4v) is 5.68. The lowest BCUT2D eigenvalue weighted by Gasteiger charge is -2.40. The number of halogens is 3. The predicted molar refractivity (Wildman–Crippen MR) is 139 cm³/mol. The lowest BCUT2D eigenvalue weighted by molar-refractivity contribution is -0.148. The van der Waals surface area contributed by atoms with Crippen molar-refractivity contribution in [2.45, 2.75) is 32.6 Å². The standard InChI is InChI=1S/C27H26F3N7O5/c1-14-12-35(7-6-16(14)23(38)36-8-9-37-20(13-36)33-34-26(37)27(28,29)30)22-17-10-15(24(39)41-2)4-5-19(17)32-21(18(22)11-31)25(40)42-3/h4-5,10,14,16H,6-9,12-13H2,1-3H3/t14-,16+/m1/s1. The van der Waals surface area contributed by atoms with Gasteiger partial charge in [0.2, 0.25) is 11.7 Å². The molecule has 0 saturated carbocycles. The zero-order chi connectivity index (χ0) is 30.3. The largest absolute Gasteiger partial charge is 0.465 e. The first kappa shape index (κ1) is 28.8. The number of nitrogens with zero attached hydrogens (tertiary/aromatic N) is 7. The Morgan fingerprint density at radius 2 is 1.81 bits per heavy atom. The molecule has 4 heterocycles. The van der Waals surface area contributed by atoms with Crippen molar-refractivity contribution in [3.63, 3.8) is 0 Å². The number of alkyl halides is 3. The van der Waals surface area contributed by atoms with E-state index in [1.54, 1.807) is 12.1 Å². The highest BCUT2D eigenvalue weighted by molar-refractivity contribution is 6.04. The SMILES string of the molecule is COC(=O)c1ccc2nc(C(=O)OC)c(C#N)c(N3CC[C@H](C(=O)N4CCn5c(nnc5C(F)(F)F)C4)[C@H](C)C3)c2c1. The fraction of sp³-hybridized carbons (Fsp3) is 0.444. The second kappa shape index (κ2) is 10.9. The van der Waals surface area contributed by atoms with Gasteiger partial charge in [0.1, 0.15) is 11.6 Å². The first-order valence-corrected chi connectivity index (χ1v) is 13.1. The van der Waals surface area contributed by atoms with Crippen LogP contribution in [0.25, 0.3) is 10.9 Å². The normalized spacial score (nSPS) is 18.8. The van der Waals surface area contributed by atoms with Gasteiger partial charge in [-0.25, -0.2) is 14.6 Å². The minimum absolute atomic E-state index is 0.0239. The van der Waals surface area contributed by atoms with Crippen molar-refractivity contribution in [1.82, 2.24) is 24.6 Å². The van der Waals surface area contributed by atoms with Crippen LogP contribution in [0.2, 0.25) is 0 Å². The van der Waals surface area contributed by atoms with E-state index in [2.05, 4.69) is 21.3 Å². The molecule has 0 unspecified atom stereocenters. The Bertz CT molecular complexity index is 1630. The molecule has 12 nitrogen and oxygen atoms in total. The van der Waals surface area contributed by atoms with E-state index in [-0.39, 0.29) is 54.1 Å². The van der Waals surface area contributed by atoms with Gasteiger partial charge in [-0.2, -0.15) is 18.4 Å². The van der Waals surface area contributed by atoms with Crippen LogP contribution in [0.5, 0.6) is 0 Å². The lowest BCUT2D eigenvalue weighted by Crippen LogP contribution is -2.49. The van der Waals surface area contributed by atoms with Gasteiger partial charge in [0, 0.05) is 37.5 Å². The molecule has 0 spiro atoms. The average Bonchev–Trinajstić information content (AvgIpc) is 3.42. The number of methoxy groups -OCH3 is 2. The number of hydrogen-bond donors (Lipinski definition) is 0. The summed E-state index contributed by atoms with van der Waals surface area (Å²) >= 11 is 0. The van der Waals surface area contributed by atoms with Gasteiger partial charge in [-0.15, -0.1) is 10.2 Å². The molecule has 5 rings (SSSR count). The summed E-state index contributed by atoms with van der Waals surface area (Å²) in [7, 11) is 2.43. The van der Waals surface area contributed by atoms with E-state index < -0.39 is 29.9 Å². The third-order valence-corrected chi connectivity index (χ3v) is 7.73. The van der Waals surface area contributed by atoms with Crippen LogP contribution in [-0.2, 0) is 33.5 Å². The van der Waals surface area contributed by atoms with Gasteiger partial charge in [0.15, 0.2) is 11.5 Å². The number of pyridine rings is 1. The third kappa shape index (κ3) is 4.97. The van der Waals surface area contributed by atoms with Crippen LogP contribution in [-0.4, -0.2) is 76.3 Å². The molecule has 2 aliphatic heterocycles. The summed E-state index contributed by atoms with van der Waals surface area (Å²) in [5.41, 5.74) is 0.780. The van der Waals surface area contributed by atoms with E-state index in [0.29, 0.717) is 36.1 Å². The molecule has 2 atom stereocenters. The van der Waals surface area contributed by atoms with Crippen molar-refractivity contribution in [2.75, 3.05) is 38.8 Å². The van der Waals surface area contributed by atoms with E-state index in [0.717, 1.165) is 4.57 Å². The summed E-state index contributed by atoms with van der Waals surface area (Å²) in [5.74, 6) is -3.27. The molecule has 3 aromatic rings. The molecule has 42 heavy (non-hydrogen) atoms. The smallest absolute Gasteiger partial charge is 0.451 e. The average molecular weight is 586 g/mol. The molecule has 2 aliphatic rings. The number of hydrogen-bond acceptors (Lipinski definition) is 10. The molecule has 1 fully saturated rings. The van der Waals surface area contributed by atoms with Crippen LogP contribution >= 0.6 is 0 Å². The number of piperidine rings is 1. The van der Waals surface area contributed by atoms with E-state index in [1.807, 2.05) is 11.8 Å². The summed E-state index contributed by atoms with van der Waals surface area (Å²) in [6, 6.07) is 6.67. The minimum Gasteiger partial charge on any atom is -0.465 e. The van der Waals surface area contributed by atoms with Crippen LogP contribution in [0.3, 0.4) is 0 Å². The second-order valence-electron chi connectivity index (χ2n) is 10.2. The molecule has 0 bridgehead atoms. The first-order valence-electron chi connectivity index (χ1n) is 13.1. The number of rotatable bonds is 4. The Morgan fingerprint density at radius 1 is 1.07 bits per heavy atom. The Labute approximate surface area is 237 Å². The number of aromatic nitrogens is 4. The topological polar surface area (TPSA) is 144 Å². The summed E-state index contributed by atoms with van der Waals surface area (Å²) in [4.78, 5) is 46.1. The molecule has 2 aromatic heterocycles. The number of benzene rings is 1. The summed E-state index contributed by atoms with van der Waals surface area (Å²) in [5, 5.41) is 17.5. The molecule has 0 radical (unpaired) electrons. The van der Waals surface area contributed by atoms with E-state index in [1.165, 1.54) is 25.2 Å². The number of carbonyl (C=O) groups excluding carboxylic acids is 3. The molecule has 1 amide bonds. The van der Waals surface area contributed by atoms with Gasteiger partial charge < -0.3 is 23.8 Å². The Balaban J connectivity index is 1.44. The zero-order valence-electron chi connectivity index (χ0n) is 22.9. The molecular weight excluding hydrogens is 559 g/mol. The van der Waals surface area contributed by atoms with Gasteiger partial charge in [-0.1, -0.05) is 6.92 Å². The number of fused-ring (bicyclic) bond motifs is 2. The Hall–Kier alpha value is -4.74. The fourth-order valence-electron chi connectivity index (χ4n) is 5.68. The van der Waals surface area contributed by atoms with Crippen molar-refractivity contribution in [3.05, 3.63) is 46.7 Å². The lowest BCUT2D eigenvalue weighted by atomic mass is 9.84. The molecule has 220 valence electrons. The molecule has 1 saturated heterocycles. The number of anilines is 1. The first-order chi connectivity index (χ1) is 20.0. The quantitative estimate of drug-likeness (QED) is 0.419.